The van der Waals surface area contributed by atoms with E-state index in [0.29, 0.717) is 16.8 Å². The van der Waals surface area contributed by atoms with E-state index >= 15 is 0 Å². The van der Waals surface area contributed by atoms with Crippen LogP contribution in [-0.4, -0.2) is 11.8 Å². The van der Waals surface area contributed by atoms with Crippen LogP contribution in [0.3, 0.4) is 0 Å². The van der Waals surface area contributed by atoms with E-state index < -0.39 is 0 Å². The summed E-state index contributed by atoms with van der Waals surface area (Å²) in [4.78, 5) is 26.6. The largest absolute Gasteiger partial charge is 0.268 e. The maximum absolute atomic E-state index is 12.6. The molecule has 20 heavy (non-hydrogen) atoms. The molecule has 2 amide bonds. The molecule has 3 rings (SSSR count). The highest BCUT2D eigenvalue weighted by molar-refractivity contribution is 14.1. The van der Waals surface area contributed by atoms with E-state index in [9.17, 15) is 9.59 Å². The number of aryl methyl sites for hydroxylation is 2. The maximum Gasteiger partial charge on any atom is 0.266 e. The summed E-state index contributed by atoms with van der Waals surface area (Å²) >= 11 is 2.14. The van der Waals surface area contributed by atoms with Crippen LogP contribution >= 0.6 is 22.6 Å². The highest BCUT2D eigenvalue weighted by atomic mass is 127. The Balaban J connectivity index is 2.23. The fourth-order valence-electron chi connectivity index (χ4n) is 2.53. The molecule has 0 radical (unpaired) electrons. The van der Waals surface area contributed by atoms with Crippen molar-refractivity contribution in [3.63, 3.8) is 0 Å². The topological polar surface area (TPSA) is 37.4 Å². The Hall–Kier alpha value is -1.69. The van der Waals surface area contributed by atoms with Gasteiger partial charge in [0, 0.05) is 3.57 Å². The number of carbonyl (C=O) groups is 2. The second-order valence-corrected chi connectivity index (χ2v) is 6.01. The fourth-order valence-corrected chi connectivity index (χ4v) is 3.16. The third kappa shape index (κ3) is 1.78. The summed E-state index contributed by atoms with van der Waals surface area (Å²) in [6, 6.07) is 11.2. The number of fused-ring (bicyclic) bond motifs is 1. The molecule has 0 spiro atoms. The summed E-state index contributed by atoms with van der Waals surface area (Å²) in [5.41, 5.74) is 3.41. The first-order chi connectivity index (χ1) is 9.52. The number of halogens is 1. The lowest BCUT2D eigenvalue weighted by molar-refractivity contribution is 0.0925. The van der Waals surface area contributed by atoms with Gasteiger partial charge in [-0.2, -0.15) is 0 Å². The molecule has 0 N–H and O–H groups in total. The second-order valence-electron chi connectivity index (χ2n) is 4.85. The van der Waals surface area contributed by atoms with Crippen LogP contribution in [0.25, 0.3) is 0 Å². The first kappa shape index (κ1) is 13.3. The van der Waals surface area contributed by atoms with E-state index in [1.165, 1.54) is 4.90 Å². The van der Waals surface area contributed by atoms with Crippen molar-refractivity contribution in [2.75, 3.05) is 4.90 Å². The Bertz CT molecular complexity index is 711. The molecular formula is C16H12INO2. The molecule has 3 nitrogen and oxygen atoms in total. The van der Waals surface area contributed by atoms with Crippen LogP contribution in [0.5, 0.6) is 0 Å². The van der Waals surface area contributed by atoms with Gasteiger partial charge in [0.2, 0.25) is 0 Å². The minimum Gasteiger partial charge on any atom is -0.268 e. The summed E-state index contributed by atoms with van der Waals surface area (Å²) in [6.45, 7) is 3.73. The number of amides is 2. The van der Waals surface area contributed by atoms with Gasteiger partial charge >= 0.3 is 0 Å². The SMILES string of the molecule is Cc1ccc(C)c2c1C(=O)N(c1ccccc1I)C2=O. The van der Waals surface area contributed by atoms with E-state index in [1.54, 1.807) is 6.07 Å². The van der Waals surface area contributed by atoms with Crippen LogP contribution in [0, 0.1) is 17.4 Å². The van der Waals surface area contributed by atoms with Gasteiger partial charge in [-0.15, -0.1) is 0 Å². The van der Waals surface area contributed by atoms with Crippen LogP contribution in [0.2, 0.25) is 0 Å². The van der Waals surface area contributed by atoms with Crippen molar-refractivity contribution in [3.8, 4) is 0 Å². The molecule has 100 valence electrons. The molecule has 0 aliphatic carbocycles. The van der Waals surface area contributed by atoms with Crippen LogP contribution in [0.1, 0.15) is 31.8 Å². The number of carbonyl (C=O) groups excluding carboxylic acids is 2. The van der Waals surface area contributed by atoms with E-state index in [1.807, 2.05) is 44.2 Å². The first-order valence-electron chi connectivity index (χ1n) is 6.26. The van der Waals surface area contributed by atoms with Gasteiger partial charge in [0.1, 0.15) is 0 Å². The maximum atomic E-state index is 12.6. The van der Waals surface area contributed by atoms with Crippen molar-refractivity contribution in [1.82, 2.24) is 0 Å². The van der Waals surface area contributed by atoms with E-state index in [2.05, 4.69) is 22.6 Å². The number of anilines is 1. The van der Waals surface area contributed by atoms with Gasteiger partial charge in [-0.25, -0.2) is 4.90 Å². The van der Waals surface area contributed by atoms with Gasteiger partial charge in [-0.1, -0.05) is 24.3 Å². The summed E-state index contributed by atoms with van der Waals surface area (Å²) in [7, 11) is 0. The monoisotopic (exact) mass is 377 g/mol. The van der Waals surface area contributed by atoms with E-state index in [-0.39, 0.29) is 11.8 Å². The zero-order valence-electron chi connectivity index (χ0n) is 11.1. The van der Waals surface area contributed by atoms with Gasteiger partial charge in [0.15, 0.2) is 0 Å². The highest BCUT2D eigenvalue weighted by Crippen LogP contribution is 2.34. The lowest BCUT2D eigenvalue weighted by atomic mass is 9.99. The van der Waals surface area contributed by atoms with E-state index in [0.717, 1.165) is 14.7 Å². The molecule has 4 heteroatoms. The smallest absolute Gasteiger partial charge is 0.266 e. The standard InChI is InChI=1S/C16H12INO2/c1-9-7-8-10(2)14-13(9)15(19)18(16(14)20)12-6-4-3-5-11(12)17/h3-8H,1-2H3. The lowest BCUT2D eigenvalue weighted by Crippen LogP contribution is -2.30. The highest BCUT2D eigenvalue weighted by Gasteiger charge is 2.39. The molecular weight excluding hydrogens is 365 g/mol. The van der Waals surface area contributed by atoms with E-state index in [4.69, 9.17) is 0 Å². The average molecular weight is 377 g/mol. The molecule has 0 atom stereocenters. The van der Waals surface area contributed by atoms with Gasteiger partial charge in [-0.05, 0) is 59.7 Å². The zero-order chi connectivity index (χ0) is 14.4. The number of rotatable bonds is 1. The molecule has 2 aromatic carbocycles. The molecule has 0 unspecified atom stereocenters. The molecule has 1 aliphatic heterocycles. The van der Waals surface area contributed by atoms with Crippen molar-refractivity contribution in [1.29, 1.82) is 0 Å². The third-order valence-electron chi connectivity index (χ3n) is 3.55. The number of para-hydroxylation sites is 1. The molecule has 2 aromatic rings. The first-order valence-corrected chi connectivity index (χ1v) is 7.33. The predicted molar refractivity (Wildman–Crippen MR) is 86.2 cm³/mol. The third-order valence-corrected chi connectivity index (χ3v) is 4.46. The van der Waals surface area contributed by atoms with Crippen LogP contribution in [-0.2, 0) is 0 Å². The Morgan fingerprint density at radius 1 is 0.850 bits per heavy atom. The van der Waals surface area contributed by atoms with Crippen LogP contribution < -0.4 is 4.90 Å². The molecule has 0 saturated carbocycles. The predicted octanol–water partition coefficient (Wildman–Crippen LogP) is 3.71. The van der Waals surface area contributed by atoms with Gasteiger partial charge in [0.25, 0.3) is 11.8 Å². The molecule has 1 heterocycles. The number of hydrogen-bond donors (Lipinski definition) is 0. The number of hydrogen-bond acceptors (Lipinski definition) is 2. The average Bonchev–Trinajstić information content (AvgIpc) is 2.68. The summed E-state index contributed by atoms with van der Waals surface area (Å²) in [5, 5.41) is 0. The van der Waals surface area contributed by atoms with Crippen molar-refractivity contribution >= 4 is 40.1 Å². The Morgan fingerprint density at radius 2 is 1.35 bits per heavy atom. The Kier molecular flexibility index (Phi) is 3.12. The minimum absolute atomic E-state index is 0.227. The molecule has 0 fully saturated rings. The molecule has 0 saturated heterocycles. The quantitative estimate of drug-likeness (QED) is 0.561. The summed E-state index contributed by atoms with van der Waals surface area (Å²) < 4.78 is 0.884. The Labute approximate surface area is 130 Å². The van der Waals surface area contributed by atoms with Crippen molar-refractivity contribution in [2.24, 2.45) is 0 Å². The number of nitrogens with zero attached hydrogens (tertiary/aromatic N) is 1. The summed E-state index contributed by atoms with van der Waals surface area (Å²) in [6.07, 6.45) is 0. The fraction of sp³-hybridized carbons (Fsp3) is 0.125. The summed E-state index contributed by atoms with van der Waals surface area (Å²) in [5.74, 6) is -0.453. The molecule has 0 aromatic heterocycles. The van der Waals surface area contributed by atoms with Gasteiger partial charge < -0.3 is 0 Å². The zero-order valence-corrected chi connectivity index (χ0v) is 13.3. The second kappa shape index (κ2) is 4.70. The Morgan fingerprint density at radius 3 is 1.85 bits per heavy atom. The van der Waals surface area contributed by atoms with Gasteiger partial charge in [0.05, 0.1) is 16.8 Å². The molecule has 1 aliphatic rings. The van der Waals surface area contributed by atoms with Gasteiger partial charge in [-0.3, -0.25) is 9.59 Å². The molecule has 0 bridgehead atoms. The van der Waals surface area contributed by atoms with Crippen molar-refractivity contribution < 1.29 is 9.59 Å². The van der Waals surface area contributed by atoms with Crippen LogP contribution in [0.4, 0.5) is 5.69 Å². The number of imide groups is 1. The normalized spacial score (nSPS) is 13.8. The van der Waals surface area contributed by atoms with Crippen molar-refractivity contribution in [2.45, 2.75) is 13.8 Å². The lowest BCUT2D eigenvalue weighted by Gasteiger charge is -2.15. The number of benzene rings is 2. The van der Waals surface area contributed by atoms with Crippen LogP contribution in [0.15, 0.2) is 36.4 Å². The minimum atomic E-state index is -0.227. The van der Waals surface area contributed by atoms with Crippen molar-refractivity contribution in [3.05, 3.63) is 62.2 Å².